The number of hydrogen-bond donors (Lipinski definition) is 2. The van der Waals surface area contributed by atoms with Crippen LogP contribution < -0.4 is 10.6 Å². The summed E-state index contributed by atoms with van der Waals surface area (Å²) < 4.78 is 5.82. The number of nitrogens with zero attached hydrogens (tertiary/aromatic N) is 1. The quantitative estimate of drug-likeness (QED) is 0.579. The Balaban J connectivity index is 1.60. The Morgan fingerprint density at radius 3 is 2.64 bits per heavy atom. The van der Waals surface area contributed by atoms with E-state index in [1.54, 1.807) is 13.0 Å². The first-order valence-corrected chi connectivity index (χ1v) is 8.71. The first-order valence-electron chi connectivity index (χ1n) is 7.54. The van der Waals surface area contributed by atoms with Crippen molar-refractivity contribution in [3.8, 4) is 11.3 Å². The second kappa shape index (κ2) is 7.87. The van der Waals surface area contributed by atoms with Gasteiger partial charge in [0.15, 0.2) is 10.9 Å². The maximum absolute atomic E-state index is 6.12. The fraction of sp³-hybridized carbons (Fsp3) is 0.111. The van der Waals surface area contributed by atoms with Crippen LogP contribution in [0.3, 0.4) is 0 Å². The average molecular weight is 392 g/mol. The minimum absolute atomic E-state index is 0.397. The van der Waals surface area contributed by atoms with Gasteiger partial charge >= 0.3 is 0 Å². The lowest BCUT2D eigenvalue weighted by molar-refractivity contribution is 0.516. The summed E-state index contributed by atoms with van der Waals surface area (Å²) in [7, 11) is 0. The Bertz CT molecular complexity index is 897. The van der Waals surface area contributed by atoms with Crippen LogP contribution in [-0.2, 0) is 6.54 Å². The monoisotopic (exact) mass is 391 g/mol. The van der Waals surface area contributed by atoms with Crippen LogP contribution >= 0.6 is 35.4 Å². The molecule has 2 heterocycles. The Kier molecular flexibility index (Phi) is 5.58. The fourth-order valence-corrected chi connectivity index (χ4v) is 2.77. The Hall–Kier alpha value is -2.08. The molecule has 0 aliphatic heterocycles. The second-order valence-electron chi connectivity index (χ2n) is 5.33. The molecule has 0 spiro atoms. The van der Waals surface area contributed by atoms with Gasteiger partial charge in [0.25, 0.3) is 0 Å². The minimum Gasteiger partial charge on any atom is -0.459 e. The zero-order valence-electron chi connectivity index (χ0n) is 13.3. The van der Waals surface area contributed by atoms with E-state index in [4.69, 9.17) is 39.8 Å². The van der Waals surface area contributed by atoms with Crippen molar-refractivity contribution in [2.24, 2.45) is 0 Å². The first-order chi connectivity index (χ1) is 12.0. The van der Waals surface area contributed by atoms with Crippen LogP contribution in [0.5, 0.6) is 0 Å². The molecule has 0 aliphatic carbocycles. The summed E-state index contributed by atoms with van der Waals surface area (Å²) in [5.74, 6) is 2.05. The number of thiocarbonyl (C=S) groups is 1. The Morgan fingerprint density at radius 1 is 1.12 bits per heavy atom. The van der Waals surface area contributed by atoms with Crippen LogP contribution in [0.25, 0.3) is 11.3 Å². The Labute approximate surface area is 161 Å². The molecule has 7 heteroatoms. The van der Waals surface area contributed by atoms with Crippen molar-refractivity contribution in [2.75, 3.05) is 5.32 Å². The fourth-order valence-electron chi connectivity index (χ4n) is 2.20. The molecule has 4 nitrogen and oxygen atoms in total. The molecule has 0 amide bonds. The lowest BCUT2D eigenvalue weighted by Crippen LogP contribution is -2.28. The SMILES string of the molecule is Cc1nc(NC(=S)NCc2ccc(-c3ccccc3)o2)c(Cl)cc1Cl. The normalized spacial score (nSPS) is 10.5. The van der Waals surface area contributed by atoms with E-state index in [1.165, 1.54) is 0 Å². The summed E-state index contributed by atoms with van der Waals surface area (Å²) in [5.41, 5.74) is 1.71. The molecule has 25 heavy (non-hydrogen) atoms. The summed E-state index contributed by atoms with van der Waals surface area (Å²) in [6, 6.07) is 15.4. The van der Waals surface area contributed by atoms with Gasteiger partial charge in [0.1, 0.15) is 11.5 Å². The number of pyridine rings is 1. The van der Waals surface area contributed by atoms with Gasteiger partial charge < -0.3 is 15.1 Å². The van der Waals surface area contributed by atoms with Crippen molar-refractivity contribution < 1.29 is 4.42 Å². The third-order valence-corrected chi connectivity index (χ3v) is 4.40. The van der Waals surface area contributed by atoms with E-state index in [2.05, 4.69) is 15.6 Å². The molecule has 0 bridgehead atoms. The van der Waals surface area contributed by atoms with Crippen LogP contribution in [0, 0.1) is 6.92 Å². The van der Waals surface area contributed by atoms with Gasteiger partial charge in [-0.15, -0.1) is 0 Å². The number of aromatic nitrogens is 1. The highest BCUT2D eigenvalue weighted by molar-refractivity contribution is 7.80. The molecule has 128 valence electrons. The number of furan rings is 1. The number of anilines is 1. The number of halogens is 2. The average Bonchev–Trinajstić information content (AvgIpc) is 3.08. The van der Waals surface area contributed by atoms with E-state index in [-0.39, 0.29) is 0 Å². The van der Waals surface area contributed by atoms with Gasteiger partial charge in [0.2, 0.25) is 0 Å². The van der Waals surface area contributed by atoms with Gasteiger partial charge in [-0.1, -0.05) is 53.5 Å². The van der Waals surface area contributed by atoms with Crippen molar-refractivity contribution in [3.05, 3.63) is 70.0 Å². The zero-order valence-corrected chi connectivity index (χ0v) is 15.7. The van der Waals surface area contributed by atoms with E-state index in [0.717, 1.165) is 17.1 Å². The molecule has 0 saturated heterocycles. The van der Waals surface area contributed by atoms with E-state index < -0.39 is 0 Å². The number of rotatable bonds is 4. The van der Waals surface area contributed by atoms with Crippen molar-refractivity contribution in [1.82, 2.24) is 10.3 Å². The molecule has 2 aromatic heterocycles. The molecule has 3 rings (SSSR count). The third kappa shape index (κ3) is 4.51. The molecule has 2 N–H and O–H groups in total. The van der Waals surface area contributed by atoms with Crippen LogP contribution in [0.2, 0.25) is 10.0 Å². The number of aryl methyl sites for hydroxylation is 1. The molecule has 0 saturated carbocycles. The third-order valence-electron chi connectivity index (χ3n) is 3.48. The maximum Gasteiger partial charge on any atom is 0.172 e. The maximum atomic E-state index is 6.12. The summed E-state index contributed by atoms with van der Waals surface area (Å²) in [4.78, 5) is 4.29. The smallest absolute Gasteiger partial charge is 0.172 e. The van der Waals surface area contributed by atoms with Crippen LogP contribution in [0.4, 0.5) is 5.82 Å². The predicted octanol–water partition coefficient (Wildman–Crippen LogP) is 5.44. The standard InChI is InChI=1S/C18H15Cl2N3OS/c1-11-14(19)9-15(20)17(22-11)23-18(25)21-10-13-7-8-16(24-13)12-5-3-2-4-6-12/h2-9H,10H2,1H3,(H2,21,22,23,25). The molecule has 3 aromatic rings. The summed E-state index contributed by atoms with van der Waals surface area (Å²) in [6.07, 6.45) is 0. The molecule has 0 atom stereocenters. The Morgan fingerprint density at radius 2 is 1.88 bits per heavy atom. The molecule has 1 aromatic carbocycles. The number of benzene rings is 1. The molecular weight excluding hydrogens is 377 g/mol. The molecule has 0 radical (unpaired) electrons. The zero-order chi connectivity index (χ0) is 17.8. The summed E-state index contributed by atoms with van der Waals surface area (Å²) >= 11 is 17.4. The molecule has 0 unspecified atom stereocenters. The molecule has 0 aliphatic rings. The summed E-state index contributed by atoms with van der Waals surface area (Å²) in [6.45, 7) is 2.25. The number of hydrogen-bond acceptors (Lipinski definition) is 3. The minimum atomic E-state index is 0.397. The summed E-state index contributed by atoms with van der Waals surface area (Å²) in [5, 5.41) is 7.35. The van der Waals surface area contributed by atoms with Crippen molar-refractivity contribution in [2.45, 2.75) is 13.5 Å². The van der Waals surface area contributed by atoms with Crippen LogP contribution in [0.15, 0.2) is 52.9 Å². The molecular formula is C18H15Cl2N3OS. The highest BCUT2D eigenvalue weighted by Crippen LogP contribution is 2.25. The van der Waals surface area contributed by atoms with E-state index in [0.29, 0.717) is 33.2 Å². The van der Waals surface area contributed by atoms with Gasteiger partial charge in [0.05, 0.1) is 22.3 Å². The molecule has 0 fully saturated rings. The van der Waals surface area contributed by atoms with Crippen molar-refractivity contribution in [3.63, 3.8) is 0 Å². The lowest BCUT2D eigenvalue weighted by atomic mass is 10.2. The van der Waals surface area contributed by atoms with Crippen LogP contribution in [0.1, 0.15) is 11.5 Å². The van der Waals surface area contributed by atoms with Gasteiger partial charge in [-0.25, -0.2) is 4.98 Å². The van der Waals surface area contributed by atoms with E-state index in [9.17, 15) is 0 Å². The van der Waals surface area contributed by atoms with Gasteiger partial charge in [-0.3, -0.25) is 0 Å². The highest BCUT2D eigenvalue weighted by atomic mass is 35.5. The van der Waals surface area contributed by atoms with E-state index >= 15 is 0 Å². The predicted molar refractivity (Wildman–Crippen MR) is 106 cm³/mol. The van der Waals surface area contributed by atoms with Gasteiger partial charge in [0, 0.05) is 5.56 Å². The topological polar surface area (TPSA) is 50.1 Å². The highest BCUT2D eigenvalue weighted by Gasteiger charge is 2.09. The van der Waals surface area contributed by atoms with Crippen LogP contribution in [-0.4, -0.2) is 10.1 Å². The van der Waals surface area contributed by atoms with Gasteiger partial charge in [-0.05, 0) is 37.3 Å². The number of nitrogens with one attached hydrogen (secondary N) is 2. The van der Waals surface area contributed by atoms with E-state index in [1.807, 2.05) is 42.5 Å². The lowest BCUT2D eigenvalue weighted by Gasteiger charge is -2.11. The van der Waals surface area contributed by atoms with Crippen molar-refractivity contribution in [1.29, 1.82) is 0 Å². The van der Waals surface area contributed by atoms with Gasteiger partial charge in [-0.2, -0.15) is 0 Å². The second-order valence-corrected chi connectivity index (χ2v) is 6.55. The first kappa shape index (κ1) is 17.7. The largest absolute Gasteiger partial charge is 0.459 e. The van der Waals surface area contributed by atoms with Crippen molar-refractivity contribution >= 4 is 46.4 Å².